The molecule has 1 aromatic carbocycles. The number of nitrogens with zero attached hydrogens (tertiary/aromatic N) is 3. The highest BCUT2D eigenvalue weighted by Gasteiger charge is 2.19. The van der Waals surface area contributed by atoms with Crippen LogP contribution in [0.4, 0.5) is 5.69 Å². The van der Waals surface area contributed by atoms with E-state index in [1.54, 1.807) is 19.2 Å². The SMILES string of the molecule is CN=C(NCc1cccc([N+](=O)[O-])c1)NC1CCN(CCOC(C)C)CC1.I. The van der Waals surface area contributed by atoms with E-state index in [1.165, 1.54) is 6.07 Å². The molecule has 2 N–H and O–H groups in total. The molecule has 0 atom stereocenters. The molecule has 0 aliphatic carbocycles. The Hall–Kier alpha value is -1.46. The molecule has 1 heterocycles. The van der Waals surface area contributed by atoms with E-state index < -0.39 is 0 Å². The second-order valence-corrected chi connectivity index (χ2v) is 7.03. The van der Waals surface area contributed by atoms with Crippen LogP contribution in [0.15, 0.2) is 29.3 Å². The van der Waals surface area contributed by atoms with Crippen molar-refractivity contribution in [3.05, 3.63) is 39.9 Å². The Morgan fingerprint density at radius 2 is 2.11 bits per heavy atom. The highest BCUT2D eigenvalue weighted by molar-refractivity contribution is 14.0. The van der Waals surface area contributed by atoms with Gasteiger partial charge >= 0.3 is 0 Å². The quantitative estimate of drug-likeness (QED) is 0.186. The Bertz CT molecular complexity index is 634. The van der Waals surface area contributed by atoms with Gasteiger partial charge in [-0.1, -0.05) is 12.1 Å². The zero-order valence-electron chi connectivity index (χ0n) is 16.9. The minimum Gasteiger partial charge on any atom is -0.377 e. The summed E-state index contributed by atoms with van der Waals surface area (Å²) in [4.78, 5) is 17.2. The maximum atomic E-state index is 10.9. The number of nitro groups is 1. The molecular formula is C19H32IN5O3. The molecule has 1 aromatic rings. The molecule has 9 heteroatoms. The lowest BCUT2D eigenvalue weighted by atomic mass is 10.1. The third-order valence-corrected chi connectivity index (χ3v) is 4.59. The van der Waals surface area contributed by atoms with Crippen LogP contribution in [0, 0.1) is 10.1 Å². The summed E-state index contributed by atoms with van der Waals surface area (Å²) in [5, 5.41) is 17.6. The molecule has 28 heavy (non-hydrogen) atoms. The fourth-order valence-electron chi connectivity index (χ4n) is 3.07. The van der Waals surface area contributed by atoms with E-state index in [0.29, 0.717) is 12.6 Å². The van der Waals surface area contributed by atoms with Gasteiger partial charge in [-0.05, 0) is 32.3 Å². The predicted octanol–water partition coefficient (Wildman–Crippen LogP) is 2.77. The molecule has 0 spiro atoms. The third-order valence-electron chi connectivity index (χ3n) is 4.59. The number of nitro benzene ring substituents is 1. The monoisotopic (exact) mass is 505 g/mol. The van der Waals surface area contributed by atoms with Crippen LogP contribution < -0.4 is 10.6 Å². The van der Waals surface area contributed by atoms with Gasteiger partial charge in [0.05, 0.1) is 17.6 Å². The number of hydrogen-bond acceptors (Lipinski definition) is 5. The van der Waals surface area contributed by atoms with Crippen molar-refractivity contribution in [2.24, 2.45) is 4.99 Å². The van der Waals surface area contributed by atoms with Crippen LogP contribution >= 0.6 is 24.0 Å². The second kappa shape index (κ2) is 12.9. The van der Waals surface area contributed by atoms with Gasteiger partial charge in [0.2, 0.25) is 0 Å². The van der Waals surface area contributed by atoms with Gasteiger partial charge in [0, 0.05) is 51.4 Å². The van der Waals surface area contributed by atoms with Crippen molar-refractivity contribution in [1.29, 1.82) is 0 Å². The molecule has 0 radical (unpaired) electrons. The lowest BCUT2D eigenvalue weighted by molar-refractivity contribution is -0.384. The van der Waals surface area contributed by atoms with E-state index in [0.717, 1.165) is 50.6 Å². The summed E-state index contributed by atoms with van der Waals surface area (Å²) in [5.41, 5.74) is 0.957. The van der Waals surface area contributed by atoms with E-state index in [-0.39, 0.29) is 40.7 Å². The number of aliphatic imine (C=N–C) groups is 1. The average Bonchev–Trinajstić information content (AvgIpc) is 2.66. The largest absolute Gasteiger partial charge is 0.377 e. The maximum absolute atomic E-state index is 10.9. The number of piperidine rings is 1. The summed E-state index contributed by atoms with van der Waals surface area (Å²) in [7, 11) is 1.74. The first kappa shape index (κ1) is 24.6. The van der Waals surface area contributed by atoms with Crippen molar-refractivity contribution >= 4 is 35.6 Å². The first-order valence-electron chi connectivity index (χ1n) is 9.52. The number of non-ortho nitro benzene ring substituents is 1. The fraction of sp³-hybridized carbons (Fsp3) is 0.632. The highest BCUT2D eigenvalue weighted by atomic mass is 127. The van der Waals surface area contributed by atoms with Crippen molar-refractivity contribution in [3.63, 3.8) is 0 Å². The maximum Gasteiger partial charge on any atom is 0.269 e. The molecule has 0 amide bonds. The normalized spacial score (nSPS) is 15.9. The standard InChI is InChI=1S/C19H31N5O3.HI/c1-15(2)27-12-11-23-9-7-17(8-10-23)22-19(20-3)21-14-16-5-4-6-18(13-16)24(25)26;/h4-6,13,15,17H,7-12,14H2,1-3H3,(H2,20,21,22);1H. The van der Waals surface area contributed by atoms with Crippen LogP contribution in [-0.4, -0.2) is 61.2 Å². The molecule has 1 aliphatic rings. The Kier molecular flexibility index (Phi) is 11.3. The number of ether oxygens (including phenoxy) is 1. The Balaban J connectivity index is 0.00000392. The van der Waals surface area contributed by atoms with Crippen LogP contribution in [0.3, 0.4) is 0 Å². The highest BCUT2D eigenvalue weighted by Crippen LogP contribution is 2.13. The molecule has 0 aromatic heterocycles. The number of likely N-dealkylation sites (tertiary alicyclic amines) is 1. The van der Waals surface area contributed by atoms with Gasteiger partial charge in [0.15, 0.2) is 5.96 Å². The third kappa shape index (κ3) is 8.70. The fourth-order valence-corrected chi connectivity index (χ4v) is 3.07. The van der Waals surface area contributed by atoms with Crippen molar-refractivity contribution in [3.8, 4) is 0 Å². The smallest absolute Gasteiger partial charge is 0.269 e. The first-order chi connectivity index (χ1) is 13.0. The number of nitrogens with one attached hydrogen (secondary N) is 2. The van der Waals surface area contributed by atoms with E-state index in [2.05, 4.69) is 34.4 Å². The van der Waals surface area contributed by atoms with Crippen LogP contribution in [-0.2, 0) is 11.3 Å². The summed E-state index contributed by atoms with van der Waals surface area (Å²) in [6, 6.07) is 7.02. The number of benzene rings is 1. The van der Waals surface area contributed by atoms with Gasteiger partial charge in [-0.2, -0.15) is 0 Å². The van der Waals surface area contributed by atoms with E-state index >= 15 is 0 Å². The van der Waals surface area contributed by atoms with Crippen molar-refractivity contribution < 1.29 is 9.66 Å². The molecule has 158 valence electrons. The second-order valence-electron chi connectivity index (χ2n) is 7.03. The van der Waals surface area contributed by atoms with Gasteiger partial charge in [0.25, 0.3) is 5.69 Å². The summed E-state index contributed by atoms with van der Waals surface area (Å²) in [5.74, 6) is 0.725. The average molecular weight is 505 g/mol. The van der Waals surface area contributed by atoms with Crippen molar-refractivity contribution in [1.82, 2.24) is 15.5 Å². The topological polar surface area (TPSA) is 92.0 Å². The predicted molar refractivity (Wildman–Crippen MR) is 122 cm³/mol. The van der Waals surface area contributed by atoms with Crippen LogP contribution in [0.25, 0.3) is 0 Å². The molecule has 8 nitrogen and oxygen atoms in total. The van der Waals surface area contributed by atoms with Crippen LogP contribution in [0.5, 0.6) is 0 Å². The summed E-state index contributed by atoms with van der Waals surface area (Å²) in [6.07, 6.45) is 2.39. The Labute approximate surface area is 184 Å². The number of halogens is 1. The van der Waals surface area contributed by atoms with Crippen LogP contribution in [0.1, 0.15) is 32.3 Å². The van der Waals surface area contributed by atoms with E-state index in [9.17, 15) is 10.1 Å². The summed E-state index contributed by atoms with van der Waals surface area (Å²) < 4.78 is 5.62. The van der Waals surface area contributed by atoms with Crippen LogP contribution in [0.2, 0.25) is 0 Å². The number of guanidine groups is 1. The van der Waals surface area contributed by atoms with E-state index in [1.807, 2.05) is 6.07 Å². The first-order valence-corrected chi connectivity index (χ1v) is 9.52. The molecule has 1 saturated heterocycles. The summed E-state index contributed by atoms with van der Waals surface area (Å²) in [6.45, 7) is 8.45. The minimum atomic E-state index is -0.378. The molecule has 1 aliphatic heterocycles. The molecule has 0 saturated carbocycles. The number of rotatable bonds is 8. The molecule has 2 rings (SSSR count). The zero-order chi connectivity index (χ0) is 19.6. The van der Waals surface area contributed by atoms with Crippen molar-refractivity contribution in [2.75, 3.05) is 33.3 Å². The van der Waals surface area contributed by atoms with Gasteiger partial charge in [-0.15, -0.1) is 24.0 Å². The van der Waals surface area contributed by atoms with E-state index in [4.69, 9.17) is 4.74 Å². The Morgan fingerprint density at radius 1 is 1.39 bits per heavy atom. The molecule has 0 unspecified atom stereocenters. The van der Waals surface area contributed by atoms with Gasteiger partial charge in [0.1, 0.15) is 0 Å². The lowest BCUT2D eigenvalue weighted by Crippen LogP contribution is -2.49. The van der Waals surface area contributed by atoms with Crippen molar-refractivity contribution in [2.45, 2.75) is 45.4 Å². The van der Waals surface area contributed by atoms with Gasteiger partial charge < -0.3 is 20.3 Å². The lowest BCUT2D eigenvalue weighted by Gasteiger charge is -2.33. The summed E-state index contributed by atoms with van der Waals surface area (Å²) >= 11 is 0. The number of hydrogen-bond donors (Lipinski definition) is 2. The van der Waals surface area contributed by atoms with Gasteiger partial charge in [-0.25, -0.2) is 0 Å². The molecule has 0 bridgehead atoms. The minimum absolute atomic E-state index is 0. The molecule has 1 fully saturated rings. The van der Waals surface area contributed by atoms with Gasteiger partial charge in [-0.3, -0.25) is 15.1 Å². The zero-order valence-corrected chi connectivity index (χ0v) is 19.2. The molecular weight excluding hydrogens is 473 g/mol. The Morgan fingerprint density at radius 3 is 2.71 bits per heavy atom.